The van der Waals surface area contributed by atoms with Crippen molar-refractivity contribution in [2.75, 3.05) is 11.9 Å². The zero-order valence-corrected chi connectivity index (χ0v) is 16.8. The lowest BCUT2D eigenvalue weighted by molar-refractivity contribution is -0.118. The highest BCUT2D eigenvalue weighted by molar-refractivity contribution is 6.30. The largest absolute Gasteiger partial charge is 0.483 e. The van der Waals surface area contributed by atoms with Crippen molar-refractivity contribution in [3.8, 4) is 17.2 Å². The molecule has 0 aliphatic rings. The molecule has 0 spiro atoms. The minimum absolute atomic E-state index is 0.102. The summed E-state index contributed by atoms with van der Waals surface area (Å²) in [5.74, 6) is 0.895. The number of amides is 1. The first-order chi connectivity index (χ1) is 14.0. The van der Waals surface area contributed by atoms with E-state index in [9.17, 15) is 4.79 Å². The van der Waals surface area contributed by atoms with Gasteiger partial charge in [-0.1, -0.05) is 29.8 Å². The molecule has 3 aromatic carbocycles. The second-order valence-electron chi connectivity index (χ2n) is 6.71. The molecule has 1 heterocycles. The number of rotatable bonds is 5. The van der Waals surface area contributed by atoms with E-state index in [2.05, 4.69) is 10.3 Å². The Hall–Kier alpha value is -3.31. The smallest absolute Gasteiger partial charge is 0.262 e. The van der Waals surface area contributed by atoms with E-state index in [0.717, 1.165) is 27.8 Å². The maximum atomic E-state index is 12.4. The number of aromatic nitrogens is 1. The number of hydrogen-bond acceptors (Lipinski definition) is 4. The minimum atomic E-state index is -0.253. The van der Waals surface area contributed by atoms with Crippen molar-refractivity contribution in [1.82, 2.24) is 4.98 Å². The van der Waals surface area contributed by atoms with Gasteiger partial charge in [-0.3, -0.25) is 4.79 Å². The highest BCUT2D eigenvalue weighted by atomic mass is 35.5. The van der Waals surface area contributed by atoms with Crippen LogP contribution in [0.25, 0.3) is 22.6 Å². The number of anilines is 1. The van der Waals surface area contributed by atoms with E-state index < -0.39 is 0 Å². The van der Waals surface area contributed by atoms with E-state index in [1.54, 1.807) is 18.2 Å². The Bertz CT molecular complexity index is 1170. The molecular weight excluding hydrogens is 388 g/mol. The van der Waals surface area contributed by atoms with Gasteiger partial charge in [-0.2, -0.15) is 0 Å². The number of hydrogen-bond donors (Lipinski definition) is 1. The molecule has 0 radical (unpaired) electrons. The fourth-order valence-electron chi connectivity index (χ4n) is 3.09. The van der Waals surface area contributed by atoms with Crippen molar-refractivity contribution in [2.24, 2.45) is 0 Å². The average Bonchev–Trinajstić information content (AvgIpc) is 3.13. The van der Waals surface area contributed by atoms with Crippen molar-refractivity contribution >= 4 is 34.3 Å². The second kappa shape index (κ2) is 7.97. The van der Waals surface area contributed by atoms with Crippen molar-refractivity contribution in [2.45, 2.75) is 13.8 Å². The Kier molecular flexibility index (Phi) is 5.23. The summed E-state index contributed by atoms with van der Waals surface area (Å²) in [6.45, 7) is 3.70. The summed E-state index contributed by atoms with van der Waals surface area (Å²) in [7, 11) is 0. The van der Waals surface area contributed by atoms with Crippen LogP contribution in [0.15, 0.2) is 65.1 Å². The van der Waals surface area contributed by atoms with Gasteiger partial charge >= 0.3 is 0 Å². The Morgan fingerprint density at radius 3 is 2.72 bits per heavy atom. The third kappa shape index (κ3) is 4.10. The van der Waals surface area contributed by atoms with Crippen LogP contribution in [0.4, 0.5) is 5.69 Å². The molecule has 0 bridgehead atoms. The van der Waals surface area contributed by atoms with Crippen LogP contribution in [0.3, 0.4) is 0 Å². The zero-order valence-electron chi connectivity index (χ0n) is 16.0. The highest BCUT2D eigenvalue weighted by Gasteiger charge is 2.14. The van der Waals surface area contributed by atoms with Crippen LogP contribution >= 0.6 is 11.6 Å². The molecule has 0 fully saturated rings. The topological polar surface area (TPSA) is 64.4 Å². The van der Waals surface area contributed by atoms with E-state index in [1.807, 2.05) is 56.3 Å². The fraction of sp³-hybridized carbons (Fsp3) is 0.130. The molecule has 0 saturated heterocycles. The van der Waals surface area contributed by atoms with Crippen LogP contribution in [-0.4, -0.2) is 17.5 Å². The summed E-state index contributed by atoms with van der Waals surface area (Å²) in [6, 6.07) is 18.5. The van der Waals surface area contributed by atoms with Crippen molar-refractivity contribution in [3.63, 3.8) is 0 Å². The number of oxazole rings is 1. The van der Waals surface area contributed by atoms with E-state index in [-0.39, 0.29) is 12.5 Å². The van der Waals surface area contributed by atoms with Crippen molar-refractivity contribution < 1.29 is 13.9 Å². The monoisotopic (exact) mass is 406 g/mol. The molecule has 0 aliphatic carbocycles. The third-order valence-corrected chi connectivity index (χ3v) is 4.86. The number of benzene rings is 3. The Balaban J connectivity index is 1.50. The fourth-order valence-corrected chi connectivity index (χ4v) is 3.32. The first kappa shape index (κ1) is 19.0. The van der Waals surface area contributed by atoms with Gasteiger partial charge < -0.3 is 14.5 Å². The number of ether oxygens (including phenoxy) is 1. The summed E-state index contributed by atoms with van der Waals surface area (Å²) in [5, 5.41) is 3.53. The normalized spacial score (nSPS) is 10.9. The number of aryl methyl sites for hydroxylation is 1. The molecule has 6 heteroatoms. The number of para-hydroxylation sites is 2. The number of carbonyl (C=O) groups excluding carboxylic acids is 1. The van der Waals surface area contributed by atoms with Crippen LogP contribution < -0.4 is 10.1 Å². The first-order valence-corrected chi connectivity index (χ1v) is 9.53. The molecule has 1 amide bonds. The van der Waals surface area contributed by atoms with E-state index in [1.165, 1.54) is 0 Å². The van der Waals surface area contributed by atoms with Crippen LogP contribution in [-0.2, 0) is 4.79 Å². The molecule has 4 rings (SSSR count). The van der Waals surface area contributed by atoms with Crippen molar-refractivity contribution in [3.05, 3.63) is 76.8 Å². The van der Waals surface area contributed by atoms with E-state index >= 15 is 0 Å². The van der Waals surface area contributed by atoms with Gasteiger partial charge in [0.05, 0.1) is 0 Å². The zero-order chi connectivity index (χ0) is 20.4. The quantitative estimate of drug-likeness (QED) is 0.456. The predicted octanol–water partition coefficient (Wildman–Crippen LogP) is 5.78. The lowest BCUT2D eigenvalue weighted by atomic mass is 10.1. The van der Waals surface area contributed by atoms with Crippen LogP contribution in [0.5, 0.6) is 5.75 Å². The average molecular weight is 407 g/mol. The standard InChI is InChI=1S/C23H19ClN2O3/c1-14-12-16(24)10-11-20(14)28-13-22(27)25-18-8-5-6-17(15(18)2)23-26-19-7-3-4-9-21(19)29-23/h3-12H,13H2,1-2H3,(H,25,27). The SMILES string of the molecule is Cc1cc(Cl)ccc1OCC(=O)Nc1cccc(-c2nc3ccccc3o2)c1C. The van der Waals surface area contributed by atoms with Gasteiger partial charge in [0.2, 0.25) is 5.89 Å². The number of halogens is 1. The van der Waals surface area contributed by atoms with Gasteiger partial charge in [-0.05, 0) is 67.4 Å². The molecule has 4 aromatic rings. The maximum absolute atomic E-state index is 12.4. The van der Waals surface area contributed by atoms with Gasteiger partial charge in [0.25, 0.3) is 5.91 Å². The molecule has 0 aliphatic heterocycles. The number of fused-ring (bicyclic) bond motifs is 1. The molecule has 0 atom stereocenters. The summed E-state index contributed by atoms with van der Waals surface area (Å²) in [6.07, 6.45) is 0. The van der Waals surface area contributed by atoms with E-state index in [0.29, 0.717) is 22.4 Å². The van der Waals surface area contributed by atoms with Crippen LogP contribution in [0, 0.1) is 13.8 Å². The molecule has 0 unspecified atom stereocenters. The molecule has 5 nitrogen and oxygen atoms in total. The lowest BCUT2D eigenvalue weighted by Gasteiger charge is -2.12. The van der Waals surface area contributed by atoms with E-state index in [4.69, 9.17) is 20.8 Å². The number of nitrogens with zero attached hydrogens (tertiary/aromatic N) is 1. The minimum Gasteiger partial charge on any atom is -0.483 e. The molecule has 29 heavy (non-hydrogen) atoms. The summed E-state index contributed by atoms with van der Waals surface area (Å²) < 4.78 is 11.5. The van der Waals surface area contributed by atoms with Gasteiger partial charge in [0.15, 0.2) is 12.2 Å². The summed E-state index contributed by atoms with van der Waals surface area (Å²) in [5.41, 5.74) is 4.78. The van der Waals surface area contributed by atoms with Crippen LogP contribution in [0.1, 0.15) is 11.1 Å². The Morgan fingerprint density at radius 1 is 1.10 bits per heavy atom. The number of carbonyl (C=O) groups is 1. The first-order valence-electron chi connectivity index (χ1n) is 9.15. The highest BCUT2D eigenvalue weighted by Crippen LogP contribution is 2.30. The van der Waals surface area contributed by atoms with Gasteiger partial charge in [-0.25, -0.2) is 4.98 Å². The Morgan fingerprint density at radius 2 is 1.93 bits per heavy atom. The van der Waals surface area contributed by atoms with Gasteiger partial charge in [0.1, 0.15) is 11.3 Å². The van der Waals surface area contributed by atoms with Gasteiger partial charge in [0, 0.05) is 16.3 Å². The maximum Gasteiger partial charge on any atom is 0.262 e. The molecule has 146 valence electrons. The predicted molar refractivity (Wildman–Crippen MR) is 114 cm³/mol. The van der Waals surface area contributed by atoms with Crippen molar-refractivity contribution in [1.29, 1.82) is 0 Å². The second-order valence-corrected chi connectivity index (χ2v) is 7.15. The number of nitrogens with one attached hydrogen (secondary N) is 1. The van der Waals surface area contributed by atoms with Gasteiger partial charge in [-0.15, -0.1) is 0 Å². The molecular formula is C23H19ClN2O3. The Labute approximate surface area is 173 Å². The third-order valence-electron chi connectivity index (χ3n) is 4.63. The lowest BCUT2D eigenvalue weighted by Crippen LogP contribution is -2.21. The molecule has 0 saturated carbocycles. The van der Waals surface area contributed by atoms with Crippen LogP contribution in [0.2, 0.25) is 5.02 Å². The molecule has 1 aromatic heterocycles. The summed E-state index contributed by atoms with van der Waals surface area (Å²) >= 11 is 5.95. The molecule has 1 N–H and O–H groups in total. The summed E-state index contributed by atoms with van der Waals surface area (Å²) in [4.78, 5) is 16.9.